The van der Waals surface area contributed by atoms with Crippen molar-refractivity contribution in [2.45, 2.75) is 12.3 Å². The van der Waals surface area contributed by atoms with Gasteiger partial charge in [0.2, 0.25) is 17.7 Å². The lowest BCUT2D eigenvalue weighted by Gasteiger charge is -2.33. The largest absolute Gasteiger partial charge is 0.462 e. The molecular formula is C17H13BrN4O6. The molecule has 1 spiro atoms. The number of hydrogen-bond acceptors (Lipinski definition) is 7. The molecule has 0 bridgehead atoms. The predicted octanol–water partition coefficient (Wildman–Crippen LogP) is 0.190. The first-order valence-corrected chi connectivity index (χ1v) is 8.93. The summed E-state index contributed by atoms with van der Waals surface area (Å²) in [6.07, 6.45) is 0. The molecule has 1 amide bonds. The summed E-state index contributed by atoms with van der Waals surface area (Å²) in [7, 11) is 0. The number of H-pyrrole nitrogens is 2. The number of nitrogens with two attached hydrogens (primary N) is 1. The highest BCUT2D eigenvalue weighted by molar-refractivity contribution is 9.10. The monoisotopic (exact) mass is 448 g/mol. The number of halogens is 1. The Balaban J connectivity index is 2.18. The van der Waals surface area contributed by atoms with Crippen molar-refractivity contribution in [3.05, 3.63) is 66.1 Å². The number of anilines is 1. The second-order valence-corrected chi connectivity index (χ2v) is 6.98. The number of amides is 1. The van der Waals surface area contributed by atoms with Gasteiger partial charge in [0.25, 0.3) is 5.56 Å². The topological polar surface area (TPSA) is 156 Å². The Kier molecular flexibility index (Phi) is 3.93. The average molecular weight is 449 g/mol. The molecule has 0 aliphatic carbocycles. The lowest BCUT2D eigenvalue weighted by atomic mass is 9.69. The molecule has 28 heavy (non-hydrogen) atoms. The zero-order valence-electron chi connectivity index (χ0n) is 14.3. The molecule has 2 aliphatic rings. The molecule has 1 atom stereocenters. The molecule has 0 saturated heterocycles. The summed E-state index contributed by atoms with van der Waals surface area (Å²) in [6, 6.07) is 4.88. The van der Waals surface area contributed by atoms with Gasteiger partial charge in [-0.3, -0.25) is 19.6 Å². The number of nitrogens with one attached hydrogen (secondary N) is 3. The SMILES string of the molecule is CCOC(=O)C1=C(N)Oc2[nH]c(=O)[nH]c(=O)c2C12C(=O)Nc1ccc(Br)cc12. The van der Waals surface area contributed by atoms with E-state index in [2.05, 4.69) is 31.2 Å². The van der Waals surface area contributed by atoms with Crippen LogP contribution in [0.4, 0.5) is 5.69 Å². The van der Waals surface area contributed by atoms with Gasteiger partial charge in [0.1, 0.15) is 16.6 Å². The highest BCUT2D eigenvalue weighted by Gasteiger charge is 2.60. The summed E-state index contributed by atoms with van der Waals surface area (Å²) in [5, 5.41) is 2.66. The number of fused-ring (bicyclic) bond motifs is 4. The Hall–Kier alpha value is -3.34. The van der Waals surface area contributed by atoms with Crippen LogP contribution < -0.4 is 27.0 Å². The van der Waals surface area contributed by atoms with Gasteiger partial charge in [0, 0.05) is 15.7 Å². The molecule has 3 heterocycles. The molecule has 2 aromatic rings. The zero-order chi connectivity index (χ0) is 20.2. The third-order valence-corrected chi connectivity index (χ3v) is 5.06. The van der Waals surface area contributed by atoms with E-state index in [9.17, 15) is 19.2 Å². The molecule has 11 heteroatoms. The second kappa shape index (κ2) is 6.09. The Bertz CT molecular complexity index is 1200. The number of esters is 1. The summed E-state index contributed by atoms with van der Waals surface area (Å²) >= 11 is 3.33. The van der Waals surface area contributed by atoms with Gasteiger partial charge in [-0.1, -0.05) is 15.9 Å². The molecule has 1 aromatic heterocycles. The van der Waals surface area contributed by atoms with E-state index in [1.54, 1.807) is 25.1 Å². The van der Waals surface area contributed by atoms with Gasteiger partial charge in [0.15, 0.2) is 0 Å². The van der Waals surface area contributed by atoms with E-state index >= 15 is 0 Å². The minimum atomic E-state index is -1.96. The first-order chi connectivity index (χ1) is 13.3. The Morgan fingerprint density at radius 3 is 2.75 bits per heavy atom. The lowest BCUT2D eigenvalue weighted by Crippen LogP contribution is -2.50. The van der Waals surface area contributed by atoms with Gasteiger partial charge in [0.05, 0.1) is 6.61 Å². The molecular weight excluding hydrogens is 436 g/mol. The van der Waals surface area contributed by atoms with Crippen LogP contribution in [0, 0.1) is 0 Å². The molecule has 144 valence electrons. The predicted molar refractivity (Wildman–Crippen MR) is 99.7 cm³/mol. The molecule has 0 fully saturated rings. The Morgan fingerprint density at radius 2 is 2.04 bits per heavy atom. The minimum absolute atomic E-state index is 0.00743. The van der Waals surface area contributed by atoms with Crippen molar-refractivity contribution in [3.8, 4) is 5.88 Å². The molecule has 4 rings (SSSR count). The van der Waals surface area contributed by atoms with Gasteiger partial charge < -0.3 is 20.5 Å². The smallest absolute Gasteiger partial charge is 0.341 e. The van der Waals surface area contributed by atoms with E-state index in [1.165, 1.54) is 0 Å². The van der Waals surface area contributed by atoms with Crippen molar-refractivity contribution in [2.24, 2.45) is 5.73 Å². The van der Waals surface area contributed by atoms with Gasteiger partial charge in [-0.25, -0.2) is 9.59 Å². The van der Waals surface area contributed by atoms with Gasteiger partial charge in [-0.2, -0.15) is 0 Å². The second-order valence-electron chi connectivity index (χ2n) is 6.07. The number of ether oxygens (including phenoxy) is 2. The van der Waals surface area contributed by atoms with Crippen LogP contribution in [0.15, 0.2) is 43.7 Å². The molecule has 5 N–H and O–H groups in total. The van der Waals surface area contributed by atoms with Crippen LogP contribution in [0.2, 0.25) is 0 Å². The van der Waals surface area contributed by atoms with Crippen LogP contribution >= 0.6 is 15.9 Å². The maximum Gasteiger partial charge on any atom is 0.341 e. The average Bonchev–Trinajstić information content (AvgIpc) is 2.87. The normalized spacial score (nSPS) is 19.7. The number of carbonyl (C=O) groups is 2. The van der Waals surface area contributed by atoms with Crippen LogP contribution in [-0.2, 0) is 19.7 Å². The Labute approximate surface area is 164 Å². The first kappa shape index (κ1) is 18.0. The van der Waals surface area contributed by atoms with Crippen LogP contribution in [0.25, 0.3) is 0 Å². The van der Waals surface area contributed by atoms with Crippen LogP contribution in [0.5, 0.6) is 5.88 Å². The summed E-state index contributed by atoms with van der Waals surface area (Å²) < 4.78 is 11.0. The number of aromatic amines is 2. The van der Waals surface area contributed by atoms with Gasteiger partial charge in [-0.15, -0.1) is 0 Å². The van der Waals surface area contributed by atoms with Crippen LogP contribution in [0.3, 0.4) is 0 Å². The Morgan fingerprint density at radius 1 is 1.29 bits per heavy atom. The first-order valence-electron chi connectivity index (χ1n) is 8.14. The fourth-order valence-electron chi connectivity index (χ4n) is 3.58. The van der Waals surface area contributed by atoms with Crippen molar-refractivity contribution in [2.75, 3.05) is 11.9 Å². The van der Waals surface area contributed by atoms with Crippen LogP contribution in [0.1, 0.15) is 18.1 Å². The number of rotatable bonds is 2. The van der Waals surface area contributed by atoms with E-state index in [4.69, 9.17) is 15.2 Å². The fourth-order valence-corrected chi connectivity index (χ4v) is 3.94. The summed E-state index contributed by atoms with van der Waals surface area (Å²) in [5.41, 5.74) is 2.33. The molecule has 0 saturated carbocycles. The third-order valence-electron chi connectivity index (χ3n) is 4.57. The van der Waals surface area contributed by atoms with Crippen molar-refractivity contribution in [1.29, 1.82) is 0 Å². The fraction of sp³-hybridized carbons (Fsp3) is 0.176. The molecule has 0 radical (unpaired) electrons. The van der Waals surface area contributed by atoms with E-state index in [0.717, 1.165) is 0 Å². The lowest BCUT2D eigenvalue weighted by molar-refractivity contribution is -0.140. The molecule has 1 aromatic carbocycles. The quantitative estimate of drug-likeness (QED) is 0.477. The third kappa shape index (κ3) is 2.26. The van der Waals surface area contributed by atoms with Crippen molar-refractivity contribution < 1.29 is 19.1 Å². The zero-order valence-corrected chi connectivity index (χ0v) is 15.9. The number of aromatic nitrogens is 2. The number of carbonyl (C=O) groups excluding carboxylic acids is 2. The highest BCUT2D eigenvalue weighted by Crippen LogP contribution is 2.52. The minimum Gasteiger partial charge on any atom is -0.462 e. The summed E-state index contributed by atoms with van der Waals surface area (Å²) in [5.74, 6) is -2.38. The number of hydrogen-bond donors (Lipinski definition) is 4. The van der Waals surface area contributed by atoms with E-state index < -0.39 is 34.4 Å². The highest BCUT2D eigenvalue weighted by atomic mass is 79.9. The van der Waals surface area contributed by atoms with E-state index in [-0.39, 0.29) is 23.6 Å². The summed E-state index contributed by atoms with van der Waals surface area (Å²) in [4.78, 5) is 54.9. The van der Waals surface area contributed by atoms with Crippen molar-refractivity contribution in [3.63, 3.8) is 0 Å². The van der Waals surface area contributed by atoms with Gasteiger partial charge in [-0.05, 0) is 25.1 Å². The maximum atomic E-state index is 13.3. The molecule has 10 nitrogen and oxygen atoms in total. The number of benzene rings is 1. The molecule has 2 aliphatic heterocycles. The standard InChI is InChI=1S/C17H13BrN4O6/c1-2-27-14(24)9-11(19)28-13-10(12(23)21-16(26)22-13)17(9)7-5-6(18)3-4-8(7)20-15(17)25/h3-5H,2,19H2,1H3,(H,20,25)(H2,21,22,23,26). The van der Waals surface area contributed by atoms with Crippen molar-refractivity contribution in [1.82, 2.24) is 9.97 Å². The summed E-state index contributed by atoms with van der Waals surface area (Å²) in [6.45, 7) is 1.59. The van der Waals surface area contributed by atoms with Crippen LogP contribution in [-0.4, -0.2) is 28.5 Å². The maximum absolute atomic E-state index is 13.3. The van der Waals surface area contributed by atoms with Crippen molar-refractivity contribution >= 4 is 33.5 Å². The molecule has 1 unspecified atom stereocenters. The van der Waals surface area contributed by atoms with E-state index in [1.807, 2.05) is 0 Å². The van der Waals surface area contributed by atoms with E-state index in [0.29, 0.717) is 15.7 Å². The van der Waals surface area contributed by atoms with Gasteiger partial charge >= 0.3 is 11.7 Å².